The Kier molecular flexibility index (Phi) is 8.13. The average molecular weight is 281 g/mol. The molecule has 1 rings (SSSR count). The predicted molar refractivity (Wildman–Crippen MR) is 82.6 cm³/mol. The molecule has 0 aromatic heterocycles. The van der Waals surface area contributed by atoms with Crippen molar-refractivity contribution in [2.45, 2.75) is 52.0 Å². The minimum absolute atomic E-state index is 0.179. The van der Waals surface area contributed by atoms with E-state index in [1.54, 1.807) is 7.11 Å². The number of nitrogens with one attached hydrogen (secondary N) is 1. The van der Waals surface area contributed by atoms with Crippen LogP contribution in [0.25, 0.3) is 0 Å². The van der Waals surface area contributed by atoms with Gasteiger partial charge in [0.1, 0.15) is 0 Å². The summed E-state index contributed by atoms with van der Waals surface area (Å²) in [5.41, 5.74) is -0.179. The first-order valence-electron chi connectivity index (χ1n) is 7.94. The largest absolute Gasteiger partial charge is 0.383 e. The number of rotatable bonds is 9. The van der Waals surface area contributed by atoms with Crippen molar-refractivity contribution in [3.63, 3.8) is 0 Å². The average Bonchev–Trinajstić information content (AvgIpc) is 2.45. The first-order valence-corrected chi connectivity index (χ1v) is 7.94. The standard InChI is InChI=1S/C16H31N3O/c1-16(2,14-17)8-6-11-19-10-5-4-7-15(19)13-18-9-12-20-3/h15,18H,4-13H2,1-3H3. The summed E-state index contributed by atoms with van der Waals surface area (Å²) in [6.07, 6.45) is 6.06. The summed E-state index contributed by atoms with van der Waals surface area (Å²) < 4.78 is 5.07. The highest BCUT2D eigenvalue weighted by molar-refractivity contribution is 4.91. The van der Waals surface area contributed by atoms with Crippen molar-refractivity contribution >= 4 is 0 Å². The second-order valence-corrected chi connectivity index (χ2v) is 6.48. The van der Waals surface area contributed by atoms with Gasteiger partial charge in [0.25, 0.3) is 0 Å². The van der Waals surface area contributed by atoms with E-state index in [0.717, 1.165) is 39.1 Å². The zero-order chi connectivity index (χ0) is 14.8. The van der Waals surface area contributed by atoms with Crippen molar-refractivity contribution in [2.75, 3.05) is 39.9 Å². The van der Waals surface area contributed by atoms with Crippen molar-refractivity contribution in [1.29, 1.82) is 5.26 Å². The molecular weight excluding hydrogens is 250 g/mol. The van der Waals surface area contributed by atoms with Gasteiger partial charge in [0.05, 0.1) is 18.1 Å². The normalized spacial score (nSPS) is 20.8. The number of hydrogen-bond donors (Lipinski definition) is 1. The van der Waals surface area contributed by atoms with E-state index in [0.29, 0.717) is 6.04 Å². The molecule has 1 unspecified atom stereocenters. The molecular formula is C16H31N3O. The zero-order valence-corrected chi connectivity index (χ0v) is 13.5. The highest BCUT2D eigenvalue weighted by Crippen LogP contribution is 2.23. The zero-order valence-electron chi connectivity index (χ0n) is 13.5. The van der Waals surface area contributed by atoms with Crippen LogP contribution in [0.15, 0.2) is 0 Å². The van der Waals surface area contributed by atoms with Crippen LogP contribution < -0.4 is 5.32 Å². The Morgan fingerprint density at radius 3 is 2.90 bits per heavy atom. The predicted octanol–water partition coefficient (Wildman–Crippen LogP) is 2.41. The summed E-state index contributed by atoms with van der Waals surface area (Å²) in [6, 6.07) is 3.05. The number of hydrogen-bond acceptors (Lipinski definition) is 4. The van der Waals surface area contributed by atoms with E-state index in [2.05, 4.69) is 16.3 Å². The lowest BCUT2D eigenvalue weighted by Gasteiger charge is -2.36. The van der Waals surface area contributed by atoms with Crippen LogP contribution >= 0.6 is 0 Å². The molecule has 0 bridgehead atoms. The monoisotopic (exact) mass is 281 g/mol. The van der Waals surface area contributed by atoms with Crippen molar-refractivity contribution in [3.05, 3.63) is 0 Å². The molecule has 4 nitrogen and oxygen atoms in total. The van der Waals surface area contributed by atoms with E-state index in [1.807, 2.05) is 13.8 Å². The van der Waals surface area contributed by atoms with Crippen LogP contribution in [0, 0.1) is 16.7 Å². The molecule has 0 spiro atoms. The van der Waals surface area contributed by atoms with Crippen molar-refractivity contribution < 1.29 is 4.74 Å². The number of likely N-dealkylation sites (tertiary alicyclic amines) is 1. The molecule has 0 amide bonds. The molecule has 1 heterocycles. The molecule has 0 aromatic rings. The van der Waals surface area contributed by atoms with Gasteiger partial charge in [-0.2, -0.15) is 5.26 Å². The molecule has 4 heteroatoms. The smallest absolute Gasteiger partial charge is 0.0683 e. The first-order chi connectivity index (χ1) is 9.59. The maximum atomic E-state index is 9.06. The SMILES string of the molecule is COCCNCC1CCCCN1CCCC(C)(C)C#N. The van der Waals surface area contributed by atoms with E-state index in [9.17, 15) is 0 Å². The highest BCUT2D eigenvalue weighted by Gasteiger charge is 2.23. The first kappa shape index (κ1) is 17.4. The fourth-order valence-corrected chi connectivity index (χ4v) is 2.81. The molecule has 1 atom stereocenters. The van der Waals surface area contributed by atoms with Gasteiger partial charge in [0, 0.05) is 26.2 Å². The summed E-state index contributed by atoms with van der Waals surface area (Å²) in [5.74, 6) is 0. The van der Waals surface area contributed by atoms with Crippen molar-refractivity contribution in [1.82, 2.24) is 10.2 Å². The second kappa shape index (κ2) is 9.33. The van der Waals surface area contributed by atoms with Gasteiger partial charge < -0.3 is 10.1 Å². The number of piperidine rings is 1. The lowest BCUT2D eigenvalue weighted by Crippen LogP contribution is -2.46. The van der Waals surface area contributed by atoms with E-state index >= 15 is 0 Å². The Labute approximate surface area is 124 Å². The lowest BCUT2D eigenvalue weighted by molar-refractivity contribution is 0.135. The van der Waals surface area contributed by atoms with Crippen LogP contribution in [0.4, 0.5) is 0 Å². The third-order valence-corrected chi connectivity index (χ3v) is 4.16. The Morgan fingerprint density at radius 1 is 1.40 bits per heavy atom. The van der Waals surface area contributed by atoms with E-state index in [-0.39, 0.29) is 5.41 Å². The van der Waals surface area contributed by atoms with Gasteiger partial charge in [-0.1, -0.05) is 6.42 Å². The minimum atomic E-state index is -0.179. The summed E-state index contributed by atoms with van der Waals surface area (Å²) in [4.78, 5) is 2.61. The van der Waals surface area contributed by atoms with E-state index in [4.69, 9.17) is 10.00 Å². The molecule has 1 N–H and O–H groups in total. The molecule has 0 aliphatic carbocycles. The molecule has 20 heavy (non-hydrogen) atoms. The molecule has 1 saturated heterocycles. The fourth-order valence-electron chi connectivity index (χ4n) is 2.81. The minimum Gasteiger partial charge on any atom is -0.383 e. The van der Waals surface area contributed by atoms with E-state index < -0.39 is 0 Å². The third-order valence-electron chi connectivity index (χ3n) is 4.16. The molecule has 1 aliphatic heterocycles. The molecule has 1 aliphatic rings. The number of nitriles is 1. The Balaban J connectivity index is 2.27. The Hall–Kier alpha value is -0.630. The van der Waals surface area contributed by atoms with Crippen molar-refractivity contribution in [3.8, 4) is 6.07 Å². The quantitative estimate of drug-likeness (QED) is 0.659. The molecule has 0 aromatic carbocycles. The summed E-state index contributed by atoms with van der Waals surface area (Å²) >= 11 is 0. The highest BCUT2D eigenvalue weighted by atomic mass is 16.5. The van der Waals surface area contributed by atoms with Gasteiger partial charge in [-0.05, 0) is 52.6 Å². The summed E-state index contributed by atoms with van der Waals surface area (Å²) in [6.45, 7) is 9.18. The van der Waals surface area contributed by atoms with Crippen LogP contribution in [0.5, 0.6) is 0 Å². The summed E-state index contributed by atoms with van der Waals surface area (Å²) in [5, 5.41) is 12.5. The van der Waals surface area contributed by atoms with Crippen LogP contribution in [-0.2, 0) is 4.74 Å². The van der Waals surface area contributed by atoms with Gasteiger partial charge in [0.2, 0.25) is 0 Å². The number of methoxy groups -OCH3 is 1. The van der Waals surface area contributed by atoms with Crippen LogP contribution in [0.2, 0.25) is 0 Å². The molecule has 0 radical (unpaired) electrons. The summed E-state index contributed by atoms with van der Waals surface area (Å²) in [7, 11) is 1.74. The van der Waals surface area contributed by atoms with Crippen LogP contribution in [0.3, 0.4) is 0 Å². The van der Waals surface area contributed by atoms with Gasteiger partial charge in [0.15, 0.2) is 0 Å². The molecule has 1 fully saturated rings. The number of nitrogens with zero attached hydrogens (tertiary/aromatic N) is 2. The maximum absolute atomic E-state index is 9.06. The maximum Gasteiger partial charge on any atom is 0.0683 e. The Morgan fingerprint density at radius 2 is 2.20 bits per heavy atom. The van der Waals surface area contributed by atoms with E-state index in [1.165, 1.54) is 25.8 Å². The van der Waals surface area contributed by atoms with Gasteiger partial charge in [-0.25, -0.2) is 0 Å². The fraction of sp³-hybridized carbons (Fsp3) is 0.938. The lowest BCUT2D eigenvalue weighted by atomic mass is 9.89. The van der Waals surface area contributed by atoms with Crippen LogP contribution in [-0.4, -0.2) is 50.8 Å². The van der Waals surface area contributed by atoms with Crippen molar-refractivity contribution in [2.24, 2.45) is 5.41 Å². The second-order valence-electron chi connectivity index (χ2n) is 6.48. The number of ether oxygens (including phenoxy) is 1. The van der Waals surface area contributed by atoms with Crippen LogP contribution in [0.1, 0.15) is 46.0 Å². The van der Waals surface area contributed by atoms with Gasteiger partial charge in [-0.15, -0.1) is 0 Å². The third kappa shape index (κ3) is 6.69. The molecule has 0 saturated carbocycles. The molecule has 116 valence electrons. The van der Waals surface area contributed by atoms with Gasteiger partial charge in [-0.3, -0.25) is 4.90 Å². The Bertz CT molecular complexity index is 299. The van der Waals surface area contributed by atoms with Gasteiger partial charge >= 0.3 is 0 Å². The topological polar surface area (TPSA) is 48.3 Å².